The number of aliphatic hydroxyl groups is 1. The summed E-state index contributed by atoms with van der Waals surface area (Å²) in [7, 11) is 3.42. The van der Waals surface area contributed by atoms with Crippen LogP contribution in [0.4, 0.5) is 4.79 Å². The highest BCUT2D eigenvalue weighted by atomic mass is 16.3. The lowest BCUT2D eigenvalue weighted by atomic mass is 10.4. The van der Waals surface area contributed by atoms with Crippen molar-refractivity contribution < 1.29 is 9.90 Å². The first-order valence-electron chi connectivity index (χ1n) is 4.20. The lowest BCUT2D eigenvalue weighted by Gasteiger charge is -2.24. The van der Waals surface area contributed by atoms with Crippen molar-refractivity contribution >= 4 is 6.03 Å². The predicted molar refractivity (Wildman–Crippen MR) is 48.0 cm³/mol. The molecule has 0 aliphatic heterocycles. The number of hydrogen-bond donors (Lipinski definition) is 1. The van der Waals surface area contributed by atoms with E-state index in [1.807, 2.05) is 6.92 Å². The van der Waals surface area contributed by atoms with Gasteiger partial charge in [-0.1, -0.05) is 6.92 Å². The molecule has 0 atom stereocenters. The normalized spacial score (nSPS) is 9.67. The van der Waals surface area contributed by atoms with Crippen molar-refractivity contribution in [2.24, 2.45) is 0 Å². The van der Waals surface area contributed by atoms with Gasteiger partial charge in [-0.3, -0.25) is 0 Å². The van der Waals surface area contributed by atoms with Crippen LogP contribution in [-0.4, -0.2) is 54.7 Å². The van der Waals surface area contributed by atoms with E-state index in [0.29, 0.717) is 13.1 Å². The largest absolute Gasteiger partial charge is 0.395 e. The number of nitrogens with zero attached hydrogens (tertiary/aromatic N) is 2. The molecule has 72 valence electrons. The Morgan fingerprint density at radius 1 is 1.33 bits per heavy atom. The number of urea groups is 1. The maximum atomic E-state index is 11.4. The van der Waals surface area contributed by atoms with Crippen molar-refractivity contribution in [1.29, 1.82) is 0 Å². The van der Waals surface area contributed by atoms with Crippen LogP contribution in [0.3, 0.4) is 0 Å². The molecule has 4 heteroatoms. The Labute approximate surface area is 73.8 Å². The van der Waals surface area contributed by atoms with Gasteiger partial charge in [0.1, 0.15) is 0 Å². The predicted octanol–water partition coefficient (Wildman–Crippen LogP) is 0.372. The summed E-state index contributed by atoms with van der Waals surface area (Å²) in [5.41, 5.74) is 0. The average molecular weight is 174 g/mol. The highest BCUT2D eigenvalue weighted by molar-refractivity contribution is 5.73. The number of carbonyl (C=O) groups is 1. The molecular formula is C8H18N2O2. The zero-order valence-electron chi connectivity index (χ0n) is 8.08. The van der Waals surface area contributed by atoms with Gasteiger partial charge in [0, 0.05) is 27.2 Å². The maximum Gasteiger partial charge on any atom is 0.319 e. The van der Waals surface area contributed by atoms with E-state index in [-0.39, 0.29) is 12.6 Å². The fourth-order valence-corrected chi connectivity index (χ4v) is 0.977. The minimum atomic E-state index is -0.0362. The van der Waals surface area contributed by atoms with Gasteiger partial charge in [-0.05, 0) is 6.42 Å². The molecule has 0 aliphatic rings. The first kappa shape index (κ1) is 11.2. The number of aliphatic hydroxyl groups excluding tert-OH is 1. The van der Waals surface area contributed by atoms with Crippen molar-refractivity contribution in [2.75, 3.05) is 33.8 Å². The number of rotatable bonds is 4. The fraction of sp³-hybridized carbons (Fsp3) is 0.875. The highest BCUT2D eigenvalue weighted by Crippen LogP contribution is 1.95. The molecular weight excluding hydrogens is 156 g/mol. The van der Waals surface area contributed by atoms with Crippen LogP contribution in [-0.2, 0) is 0 Å². The van der Waals surface area contributed by atoms with Crippen LogP contribution in [0.5, 0.6) is 0 Å². The molecule has 4 nitrogen and oxygen atoms in total. The average Bonchev–Trinajstić information content (AvgIpc) is 2.03. The lowest BCUT2D eigenvalue weighted by Crippen LogP contribution is -2.41. The summed E-state index contributed by atoms with van der Waals surface area (Å²) in [6, 6.07) is -0.0362. The second-order valence-corrected chi connectivity index (χ2v) is 2.89. The van der Waals surface area contributed by atoms with Gasteiger partial charge >= 0.3 is 6.03 Å². The van der Waals surface area contributed by atoms with Crippen LogP contribution >= 0.6 is 0 Å². The molecule has 0 fully saturated rings. The molecule has 1 N–H and O–H groups in total. The van der Waals surface area contributed by atoms with Gasteiger partial charge in [-0.2, -0.15) is 0 Å². The second-order valence-electron chi connectivity index (χ2n) is 2.89. The number of hydrogen-bond acceptors (Lipinski definition) is 2. The van der Waals surface area contributed by atoms with Gasteiger partial charge in [0.15, 0.2) is 0 Å². The molecule has 0 aromatic rings. The molecule has 0 saturated carbocycles. The molecule has 0 rings (SSSR count). The van der Waals surface area contributed by atoms with Gasteiger partial charge in [-0.15, -0.1) is 0 Å². The Morgan fingerprint density at radius 2 is 1.92 bits per heavy atom. The number of amides is 2. The van der Waals surface area contributed by atoms with Gasteiger partial charge in [0.05, 0.1) is 6.61 Å². The van der Waals surface area contributed by atoms with Crippen LogP contribution in [0, 0.1) is 0 Å². The zero-order chi connectivity index (χ0) is 9.56. The molecule has 0 unspecified atom stereocenters. The van der Waals surface area contributed by atoms with Crippen molar-refractivity contribution in [3.05, 3.63) is 0 Å². The van der Waals surface area contributed by atoms with Crippen molar-refractivity contribution in [3.8, 4) is 0 Å². The summed E-state index contributed by atoms with van der Waals surface area (Å²) in [6.45, 7) is 3.16. The van der Waals surface area contributed by atoms with E-state index in [4.69, 9.17) is 5.11 Å². The number of carbonyl (C=O) groups excluding carboxylic acids is 1. The highest BCUT2D eigenvalue weighted by Gasteiger charge is 2.12. The molecule has 2 amide bonds. The maximum absolute atomic E-state index is 11.4. The van der Waals surface area contributed by atoms with Gasteiger partial charge in [0.2, 0.25) is 0 Å². The second kappa shape index (κ2) is 5.83. The summed E-state index contributed by atoms with van der Waals surface area (Å²) >= 11 is 0. The molecule has 0 radical (unpaired) electrons. The summed E-state index contributed by atoms with van der Waals surface area (Å²) in [4.78, 5) is 14.5. The van der Waals surface area contributed by atoms with E-state index in [0.717, 1.165) is 6.42 Å². The summed E-state index contributed by atoms with van der Waals surface area (Å²) in [5.74, 6) is 0. The first-order valence-corrected chi connectivity index (χ1v) is 4.20. The first-order chi connectivity index (χ1) is 5.63. The third-order valence-corrected chi connectivity index (χ3v) is 1.52. The van der Waals surface area contributed by atoms with Crippen molar-refractivity contribution in [2.45, 2.75) is 13.3 Å². The van der Waals surface area contributed by atoms with Gasteiger partial charge in [0.25, 0.3) is 0 Å². The molecule has 0 heterocycles. The van der Waals surface area contributed by atoms with E-state index in [9.17, 15) is 4.79 Å². The smallest absolute Gasteiger partial charge is 0.319 e. The van der Waals surface area contributed by atoms with E-state index in [1.165, 1.54) is 4.90 Å². The minimum absolute atomic E-state index is 0.0274. The summed E-state index contributed by atoms with van der Waals surface area (Å²) in [6.07, 6.45) is 0.916. The SMILES string of the molecule is CCCN(CCO)C(=O)N(C)C. The Kier molecular flexibility index (Phi) is 5.45. The van der Waals surface area contributed by atoms with Crippen LogP contribution in [0.25, 0.3) is 0 Å². The van der Waals surface area contributed by atoms with E-state index >= 15 is 0 Å². The quantitative estimate of drug-likeness (QED) is 0.669. The monoisotopic (exact) mass is 174 g/mol. The molecule has 0 aromatic heterocycles. The van der Waals surface area contributed by atoms with Crippen LogP contribution in [0.15, 0.2) is 0 Å². The van der Waals surface area contributed by atoms with Gasteiger partial charge in [-0.25, -0.2) is 4.79 Å². The zero-order valence-corrected chi connectivity index (χ0v) is 8.08. The van der Waals surface area contributed by atoms with Crippen LogP contribution in [0.1, 0.15) is 13.3 Å². The Hall–Kier alpha value is -0.770. The lowest BCUT2D eigenvalue weighted by molar-refractivity contribution is 0.155. The minimum Gasteiger partial charge on any atom is -0.395 e. The Morgan fingerprint density at radius 3 is 2.25 bits per heavy atom. The Bertz CT molecular complexity index is 131. The Balaban J connectivity index is 3.99. The van der Waals surface area contributed by atoms with Crippen molar-refractivity contribution in [3.63, 3.8) is 0 Å². The summed E-state index contributed by atoms with van der Waals surface area (Å²) in [5, 5.41) is 8.68. The summed E-state index contributed by atoms with van der Waals surface area (Å²) < 4.78 is 0. The van der Waals surface area contributed by atoms with Crippen LogP contribution in [0.2, 0.25) is 0 Å². The van der Waals surface area contributed by atoms with Gasteiger partial charge < -0.3 is 14.9 Å². The third-order valence-electron chi connectivity index (χ3n) is 1.52. The van der Waals surface area contributed by atoms with E-state index in [1.54, 1.807) is 19.0 Å². The third kappa shape index (κ3) is 3.57. The molecule has 0 aromatic carbocycles. The molecule has 12 heavy (non-hydrogen) atoms. The fourth-order valence-electron chi connectivity index (χ4n) is 0.977. The standard InChI is InChI=1S/C8H18N2O2/c1-4-5-10(6-7-11)8(12)9(2)3/h11H,4-7H2,1-3H3. The molecule has 0 spiro atoms. The van der Waals surface area contributed by atoms with Crippen molar-refractivity contribution in [1.82, 2.24) is 9.80 Å². The molecule has 0 bridgehead atoms. The van der Waals surface area contributed by atoms with E-state index < -0.39 is 0 Å². The molecule has 0 aliphatic carbocycles. The topological polar surface area (TPSA) is 43.8 Å². The van der Waals surface area contributed by atoms with E-state index in [2.05, 4.69) is 0 Å². The molecule has 0 saturated heterocycles. The van der Waals surface area contributed by atoms with Crippen LogP contribution < -0.4 is 0 Å².